The molecule has 0 aromatic heterocycles. The topological polar surface area (TPSA) is 24.7 Å². The molecule has 1 aliphatic heterocycles. The normalized spacial score (nSPS) is 15.5. The van der Waals surface area contributed by atoms with Gasteiger partial charge in [0.2, 0.25) is 0 Å². The maximum atomic E-state index is 4.66. The number of aliphatic imine (C=N–C) groups is 2. The maximum Gasteiger partial charge on any atom is 0.110 e. The summed E-state index contributed by atoms with van der Waals surface area (Å²) in [5.74, 6) is 0. The minimum Gasteiger partial charge on any atom is -0.260 e. The third-order valence-electron chi connectivity index (χ3n) is 3.96. The van der Waals surface area contributed by atoms with Crippen molar-refractivity contribution in [3.63, 3.8) is 0 Å². The minimum absolute atomic E-state index is 0.232. The van der Waals surface area contributed by atoms with Crippen LogP contribution >= 0.6 is 0 Å². The summed E-state index contributed by atoms with van der Waals surface area (Å²) >= 11 is 0. The van der Waals surface area contributed by atoms with Gasteiger partial charge >= 0.3 is 0 Å². The first-order valence-electron chi connectivity index (χ1n) is 7.34. The van der Waals surface area contributed by atoms with Gasteiger partial charge in [-0.1, -0.05) is 59.7 Å². The average molecular weight is 276 g/mol. The predicted octanol–water partition coefficient (Wildman–Crippen LogP) is 3.94. The van der Waals surface area contributed by atoms with Crippen LogP contribution in [0.2, 0.25) is 0 Å². The van der Waals surface area contributed by atoms with Crippen LogP contribution in [-0.4, -0.2) is 18.1 Å². The average Bonchev–Trinajstić information content (AvgIpc) is 2.92. The van der Waals surface area contributed by atoms with Gasteiger partial charge in [-0.15, -0.1) is 0 Å². The van der Waals surface area contributed by atoms with E-state index < -0.39 is 0 Å². The molecule has 0 saturated carbocycles. The van der Waals surface area contributed by atoms with Gasteiger partial charge in [0.15, 0.2) is 0 Å². The Morgan fingerprint density at radius 3 is 1.62 bits per heavy atom. The van der Waals surface area contributed by atoms with Crippen LogP contribution in [-0.2, 0) is 12.8 Å². The van der Waals surface area contributed by atoms with Crippen LogP contribution in [0.5, 0.6) is 0 Å². The number of hydrogen-bond acceptors (Lipinski definition) is 2. The van der Waals surface area contributed by atoms with Gasteiger partial charge in [0.1, 0.15) is 11.9 Å². The predicted molar refractivity (Wildman–Crippen MR) is 89.5 cm³/mol. The lowest BCUT2D eigenvalue weighted by atomic mass is 9.86. The molecule has 0 bridgehead atoms. The first kappa shape index (κ1) is 13.7. The summed E-state index contributed by atoms with van der Waals surface area (Å²) in [6, 6.07) is 17.4. The molecule has 0 amide bonds. The second-order valence-electron chi connectivity index (χ2n) is 5.95. The molecule has 0 N–H and O–H groups in total. The lowest BCUT2D eigenvalue weighted by Crippen LogP contribution is -2.32. The van der Waals surface area contributed by atoms with E-state index in [2.05, 4.69) is 72.4 Å². The number of benzene rings is 2. The second-order valence-corrected chi connectivity index (χ2v) is 5.95. The van der Waals surface area contributed by atoms with Crippen LogP contribution in [0.15, 0.2) is 58.5 Å². The van der Waals surface area contributed by atoms with Crippen molar-refractivity contribution in [2.75, 3.05) is 0 Å². The number of nitrogens with zero attached hydrogens (tertiary/aromatic N) is 2. The Labute approximate surface area is 126 Å². The van der Waals surface area contributed by atoms with E-state index in [1.165, 1.54) is 22.3 Å². The molecule has 0 atom stereocenters. The van der Waals surface area contributed by atoms with Gasteiger partial charge < -0.3 is 0 Å². The lowest BCUT2D eigenvalue weighted by Gasteiger charge is -2.23. The summed E-state index contributed by atoms with van der Waals surface area (Å²) in [7, 11) is 0. The fourth-order valence-electron chi connectivity index (χ4n) is 2.72. The molecular formula is C19H20N2. The third kappa shape index (κ3) is 3.27. The molecule has 106 valence electrons. The van der Waals surface area contributed by atoms with Crippen molar-refractivity contribution in [2.24, 2.45) is 9.98 Å². The summed E-state index contributed by atoms with van der Waals surface area (Å²) < 4.78 is 0. The molecule has 0 spiro atoms. The summed E-state index contributed by atoms with van der Waals surface area (Å²) in [5.41, 5.74) is 4.95. The molecular weight excluding hydrogens is 256 g/mol. The smallest absolute Gasteiger partial charge is 0.110 e. The molecule has 0 radical (unpaired) electrons. The third-order valence-corrected chi connectivity index (χ3v) is 3.96. The van der Waals surface area contributed by atoms with E-state index in [0.29, 0.717) is 0 Å². The zero-order valence-electron chi connectivity index (χ0n) is 12.6. The Balaban J connectivity index is 1.83. The molecule has 0 fully saturated rings. The molecule has 1 aliphatic rings. The van der Waals surface area contributed by atoms with Crippen molar-refractivity contribution in [1.29, 1.82) is 0 Å². The van der Waals surface area contributed by atoms with Crippen LogP contribution in [0.3, 0.4) is 0 Å². The minimum atomic E-state index is -0.232. The zero-order valence-corrected chi connectivity index (χ0v) is 12.6. The molecule has 0 aliphatic carbocycles. The molecule has 0 unspecified atom stereocenters. The molecule has 3 rings (SSSR count). The van der Waals surface area contributed by atoms with Gasteiger partial charge in [-0.25, -0.2) is 4.99 Å². The largest absolute Gasteiger partial charge is 0.260 e. The summed E-state index contributed by atoms with van der Waals surface area (Å²) in [5, 5.41) is 0. The van der Waals surface area contributed by atoms with Crippen LogP contribution < -0.4 is 0 Å². The van der Waals surface area contributed by atoms with Gasteiger partial charge in [-0.05, 0) is 25.0 Å². The first-order chi connectivity index (χ1) is 10.2. The summed E-state index contributed by atoms with van der Waals surface area (Å²) in [6.45, 7) is 4.22. The highest BCUT2D eigenvalue weighted by Crippen LogP contribution is 2.24. The van der Waals surface area contributed by atoms with Crippen molar-refractivity contribution in [3.05, 3.63) is 70.8 Å². The Morgan fingerprint density at radius 1 is 0.762 bits per heavy atom. The monoisotopic (exact) mass is 276 g/mol. The quantitative estimate of drug-likeness (QED) is 0.808. The first-order valence-corrected chi connectivity index (χ1v) is 7.34. The molecule has 0 saturated heterocycles. The molecule has 2 aromatic rings. The van der Waals surface area contributed by atoms with E-state index >= 15 is 0 Å². The lowest BCUT2D eigenvalue weighted by molar-refractivity contribution is 0.583. The van der Waals surface area contributed by atoms with E-state index in [4.69, 9.17) is 0 Å². The zero-order chi connectivity index (χ0) is 14.7. The van der Waals surface area contributed by atoms with E-state index in [-0.39, 0.29) is 5.54 Å². The number of aryl methyl sites for hydroxylation is 2. The van der Waals surface area contributed by atoms with Gasteiger partial charge in [0.05, 0.1) is 0 Å². The molecule has 1 heterocycles. The molecule has 2 nitrogen and oxygen atoms in total. The number of hydrogen-bond donors (Lipinski definition) is 0. The standard InChI is InChI=1S/C19H20N2/c1-15-3-7-17(8-4-15)11-19(13-20-14-21-19)12-18-9-5-16(2)6-10-18/h3-10,13-14H,11-12H2,1-2H3. The van der Waals surface area contributed by atoms with E-state index in [1.807, 2.05) is 6.21 Å². The van der Waals surface area contributed by atoms with Crippen LogP contribution in [0.1, 0.15) is 22.3 Å². The van der Waals surface area contributed by atoms with Crippen LogP contribution in [0.4, 0.5) is 0 Å². The Morgan fingerprint density at radius 2 is 1.24 bits per heavy atom. The fourth-order valence-corrected chi connectivity index (χ4v) is 2.72. The fraction of sp³-hybridized carbons (Fsp3) is 0.263. The highest BCUT2D eigenvalue weighted by Gasteiger charge is 2.30. The van der Waals surface area contributed by atoms with Crippen molar-refractivity contribution in [3.8, 4) is 0 Å². The Kier molecular flexibility index (Phi) is 3.70. The highest BCUT2D eigenvalue weighted by molar-refractivity contribution is 5.86. The van der Waals surface area contributed by atoms with Gasteiger partial charge in [0, 0.05) is 19.1 Å². The van der Waals surface area contributed by atoms with Crippen LogP contribution in [0, 0.1) is 13.8 Å². The van der Waals surface area contributed by atoms with Gasteiger partial charge in [0.25, 0.3) is 0 Å². The molecule has 2 heteroatoms. The molecule has 21 heavy (non-hydrogen) atoms. The summed E-state index contributed by atoms with van der Waals surface area (Å²) in [4.78, 5) is 8.90. The summed E-state index contributed by atoms with van der Waals surface area (Å²) in [6.07, 6.45) is 5.46. The van der Waals surface area contributed by atoms with E-state index in [9.17, 15) is 0 Å². The Hall–Kier alpha value is -2.22. The number of rotatable bonds is 4. The second kappa shape index (κ2) is 5.65. The van der Waals surface area contributed by atoms with Gasteiger partial charge in [-0.2, -0.15) is 0 Å². The van der Waals surface area contributed by atoms with Crippen molar-refractivity contribution in [1.82, 2.24) is 0 Å². The maximum absolute atomic E-state index is 4.66. The van der Waals surface area contributed by atoms with E-state index in [0.717, 1.165) is 12.8 Å². The SMILES string of the molecule is Cc1ccc(CC2(Cc3ccc(C)cc3)C=NC=N2)cc1. The van der Waals surface area contributed by atoms with Crippen molar-refractivity contribution < 1.29 is 0 Å². The van der Waals surface area contributed by atoms with E-state index in [1.54, 1.807) is 6.34 Å². The van der Waals surface area contributed by atoms with Crippen molar-refractivity contribution in [2.45, 2.75) is 32.2 Å². The van der Waals surface area contributed by atoms with Crippen LogP contribution in [0.25, 0.3) is 0 Å². The Bertz CT molecular complexity index is 602. The van der Waals surface area contributed by atoms with Crippen molar-refractivity contribution >= 4 is 12.6 Å². The molecule has 2 aromatic carbocycles. The van der Waals surface area contributed by atoms with Gasteiger partial charge in [-0.3, -0.25) is 4.99 Å². The highest BCUT2D eigenvalue weighted by atomic mass is 15.0.